The number of aromatic nitrogens is 1. The first-order valence-corrected chi connectivity index (χ1v) is 14.2. The molecule has 0 spiro atoms. The number of benzene rings is 5. The third-order valence-corrected chi connectivity index (χ3v) is 9.51. The number of para-hydroxylation sites is 1. The lowest BCUT2D eigenvalue weighted by Crippen LogP contribution is -2.41. The van der Waals surface area contributed by atoms with Crippen LogP contribution in [0.5, 0.6) is 0 Å². The molecule has 2 aromatic heterocycles. The van der Waals surface area contributed by atoms with Crippen LogP contribution in [-0.4, -0.2) is 16.3 Å². The Bertz CT molecular complexity index is 2190. The minimum Gasteiger partial charge on any atom is -0.438 e. The molecular formula is C35H22N2OS. The van der Waals surface area contributed by atoms with E-state index in [9.17, 15) is 0 Å². The standard InChI is InChI=1S/C35H22N2OS/c1-3-11-24-22(9-1)23-10-2-4-12-25(23)27-19-32-28(18-26(24)27)29-17-21(20-36-35(29)38-32)37-30-13-5-7-15-33(30)39-34-16-8-6-14-31(34)37/h1-20,30,33H. The first-order chi connectivity index (χ1) is 19.3. The van der Waals surface area contributed by atoms with Crippen molar-refractivity contribution in [2.75, 3.05) is 4.90 Å². The maximum atomic E-state index is 6.38. The molecule has 2 atom stereocenters. The maximum Gasteiger partial charge on any atom is 0.227 e. The first-order valence-electron chi connectivity index (χ1n) is 13.3. The topological polar surface area (TPSA) is 29.3 Å². The average Bonchev–Trinajstić information content (AvgIpc) is 3.36. The Morgan fingerprint density at radius 2 is 1.31 bits per heavy atom. The second-order valence-corrected chi connectivity index (χ2v) is 11.5. The molecule has 39 heavy (non-hydrogen) atoms. The largest absolute Gasteiger partial charge is 0.438 e. The number of anilines is 2. The summed E-state index contributed by atoms with van der Waals surface area (Å²) in [6.07, 6.45) is 10.9. The van der Waals surface area contributed by atoms with Crippen molar-refractivity contribution < 1.29 is 4.42 Å². The highest BCUT2D eigenvalue weighted by Crippen LogP contribution is 2.47. The zero-order chi connectivity index (χ0) is 25.5. The number of rotatable bonds is 1. The Morgan fingerprint density at radius 3 is 2.10 bits per heavy atom. The number of pyridine rings is 1. The molecule has 0 N–H and O–H groups in total. The third-order valence-electron chi connectivity index (χ3n) is 8.20. The van der Waals surface area contributed by atoms with E-state index in [0.29, 0.717) is 11.0 Å². The van der Waals surface area contributed by atoms with E-state index in [1.54, 1.807) is 0 Å². The van der Waals surface area contributed by atoms with Crippen molar-refractivity contribution in [3.63, 3.8) is 0 Å². The van der Waals surface area contributed by atoms with Gasteiger partial charge in [-0.25, -0.2) is 4.98 Å². The highest BCUT2D eigenvalue weighted by Gasteiger charge is 2.34. The van der Waals surface area contributed by atoms with Gasteiger partial charge in [0.25, 0.3) is 0 Å². The molecular weight excluding hydrogens is 496 g/mol. The van der Waals surface area contributed by atoms with Gasteiger partial charge in [-0.1, -0.05) is 85.0 Å². The van der Waals surface area contributed by atoms with E-state index in [4.69, 9.17) is 9.40 Å². The molecule has 3 heterocycles. The fourth-order valence-electron chi connectivity index (χ4n) is 6.47. The van der Waals surface area contributed by atoms with Crippen molar-refractivity contribution in [1.82, 2.24) is 4.98 Å². The molecule has 3 nitrogen and oxygen atoms in total. The smallest absolute Gasteiger partial charge is 0.227 e. The van der Waals surface area contributed by atoms with Gasteiger partial charge in [0.2, 0.25) is 5.71 Å². The number of hydrogen-bond donors (Lipinski definition) is 0. The summed E-state index contributed by atoms with van der Waals surface area (Å²) in [5.74, 6) is 0. The number of allylic oxidation sites excluding steroid dienone is 2. The summed E-state index contributed by atoms with van der Waals surface area (Å²) in [7, 11) is 0. The van der Waals surface area contributed by atoms with Crippen molar-refractivity contribution in [3.05, 3.63) is 121 Å². The van der Waals surface area contributed by atoms with Crippen LogP contribution in [0.25, 0.3) is 54.4 Å². The molecule has 7 aromatic rings. The van der Waals surface area contributed by atoms with Gasteiger partial charge in [0, 0.05) is 10.3 Å². The van der Waals surface area contributed by atoms with Crippen molar-refractivity contribution in [3.8, 4) is 0 Å². The van der Waals surface area contributed by atoms with Gasteiger partial charge in [-0.15, -0.1) is 11.8 Å². The maximum absolute atomic E-state index is 6.38. The van der Waals surface area contributed by atoms with Gasteiger partial charge in [0.15, 0.2) is 0 Å². The average molecular weight is 519 g/mol. The van der Waals surface area contributed by atoms with E-state index in [0.717, 1.165) is 22.0 Å². The SMILES string of the molecule is C1=CC2Sc3ccccc3N(c3cnc4oc5cc6c7ccccc7c7ccccc7c6cc5c4c3)C2C=C1. The zero-order valence-corrected chi connectivity index (χ0v) is 21.7. The minimum atomic E-state index is 0.225. The third kappa shape index (κ3) is 3.03. The molecule has 0 fully saturated rings. The fraction of sp³-hybridized carbons (Fsp3) is 0.0571. The molecule has 0 radical (unpaired) electrons. The van der Waals surface area contributed by atoms with Crippen LogP contribution in [0, 0.1) is 0 Å². The number of thioether (sulfide) groups is 1. The van der Waals surface area contributed by atoms with Crippen LogP contribution in [0.4, 0.5) is 11.4 Å². The molecule has 1 aliphatic carbocycles. The molecule has 9 rings (SSSR count). The van der Waals surface area contributed by atoms with Gasteiger partial charge in [-0.3, -0.25) is 0 Å². The van der Waals surface area contributed by atoms with E-state index in [2.05, 4.69) is 120 Å². The van der Waals surface area contributed by atoms with E-state index in [1.165, 1.54) is 42.9 Å². The summed E-state index contributed by atoms with van der Waals surface area (Å²) in [4.78, 5) is 8.59. The lowest BCUT2D eigenvalue weighted by atomic mass is 9.93. The molecule has 184 valence electrons. The first kappa shape index (κ1) is 21.4. The molecule has 1 aliphatic heterocycles. The molecule has 0 amide bonds. The predicted octanol–water partition coefficient (Wildman–Crippen LogP) is 9.55. The van der Waals surface area contributed by atoms with Crippen LogP contribution in [0.3, 0.4) is 0 Å². The number of fused-ring (bicyclic) bond motifs is 11. The predicted molar refractivity (Wildman–Crippen MR) is 164 cm³/mol. The molecule has 2 unspecified atom stereocenters. The quantitative estimate of drug-likeness (QED) is 0.202. The Hall–Kier alpha value is -4.54. The number of furan rings is 1. The molecule has 0 saturated carbocycles. The zero-order valence-electron chi connectivity index (χ0n) is 20.9. The minimum absolute atomic E-state index is 0.225. The molecule has 2 aliphatic rings. The Balaban J connectivity index is 1.32. The van der Waals surface area contributed by atoms with E-state index < -0.39 is 0 Å². The summed E-state index contributed by atoms with van der Waals surface area (Å²) in [6, 6.07) is 33.0. The van der Waals surface area contributed by atoms with Crippen LogP contribution in [-0.2, 0) is 0 Å². The van der Waals surface area contributed by atoms with Gasteiger partial charge in [-0.2, -0.15) is 0 Å². The van der Waals surface area contributed by atoms with E-state index in [1.807, 2.05) is 18.0 Å². The molecule has 5 aromatic carbocycles. The fourth-order valence-corrected chi connectivity index (χ4v) is 7.73. The summed E-state index contributed by atoms with van der Waals surface area (Å²) in [6.45, 7) is 0. The van der Waals surface area contributed by atoms with Crippen LogP contribution >= 0.6 is 11.8 Å². The van der Waals surface area contributed by atoms with Gasteiger partial charge >= 0.3 is 0 Å². The van der Waals surface area contributed by atoms with Gasteiger partial charge < -0.3 is 9.32 Å². The highest BCUT2D eigenvalue weighted by atomic mass is 32.2. The van der Waals surface area contributed by atoms with Crippen molar-refractivity contribution in [2.45, 2.75) is 16.2 Å². The summed E-state index contributed by atoms with van der Waals surface area (Å²) >= 11 is 1.93. The van der Waals surface area contributed by atoms with Crippen LogP contribution < -0.4 is 4.90 Å². The van der Waals surface area contributed by atoms with Gasteiger partial charge in [-0.05, 0) is 62.6 Å². The number of nitrogens with zero attached hydrogens (tertiary/aromatic N) is 2. The van der Waals surface area contributed by atoms with Gasteiger partial charge in [0.05, 0.1) is 34.2 Å². The number of hydrogen-bond acceptors (Lipinski definition) is 4. The lowest BCUT2D eigenvalue weighted by Gasteiger charge is -2.41. The second kappa shape index (κ2) is 7.98. The summed E-state index contributed by atoms with van der Waals surface area (Å²) in [5, 5.41) is 9.99. The molecule has 0 bridgehead atoms. The Morgan fingerprint density at radius 1 is 0.641 bits per heavy atom. The summed E-state index contributed by atoms with van der Waals surface area (Å²) in [5.41, 5.74) is 3.85. The molecule has 0 saturated heterocycles. The van der Waals surface area contributed by atoms with Crippen molar-refractivity contribution >= 4 is 77.5 Å². The molecule has 4 heteroatoms. The Labute approximate surface area is 229 Å². The lowest BCUT2D eigenvalue weighted by molar-refractivity contribution is 0.654. The van der Waals surface area contributed by atoms with Crippen LogP contribution in [0.15, 0.2) is 131 Å². The van der Waals surface area contributed by atoms with E-state index in [-0.39, 0.29) is 6.04 Å². The van der Waals surface area contributed by atoms with Crippen LogP contribution in [0.2, 0.25) is 0 Å². The normalized spacial score (nSPS) is 18.4. The van der Waals surface area contributed by atoms with Crippen molar-refractivity contribution in [2.24, 2.45) is 0 Å². The van der Waals surface area contributed by atoms with Crippen molar-refractivity contribution in [1.29, 1.82) is 0 Å². The van der Waals surface area contributed by atoms with Crippen LogP contribution in [0.1, 0.15) is 0 Å². The van der Waals surface area contributed by atoms with E-state index >= 15 is 0 Å². The Kier molecular flexibility index (Phi) is 4.38. The highest BCUT2D eigenvalue weighted by molar-refractivity contribution is 8.00. The van der Waals surface area contributed by atoms with Gasteiger partial charge in [0.1, 0.15) is 5.58 Å². The monoisotopic (exact) mass is 518 g/mol. The summed E-state index contributed by atoms with van der Waals surface area (Å²) < 4.78 is 6.38. The second-order valence-electron chi connectivity index (χ2n) is 10.3.